The van der Waals surface area contributed by atoms with E-state index in [1.165, 1.54) is 0 Å². The lowest BCUT2D eigenvalue weighted by Crippen LogP contribution is -1.94. The third kappa shape index (κ3) is 1.66. The highest BCUT2D eigenvalue weighted by Gasteiger charge is 1.86. The molecule has 0 unspecified atom stereocenters. The summed E-state index contributed by atoms with van der Waals surface area (Å²) in [5, 5.41) is 0. The van der Waals surface area contributed by atoms with Crippen LogP contribution in [0.1, 0.15) is 5.56 Å². The Morgan fingerprint density at radius 1 is 1.22 bits per heavy atom. The van der Waals surface area contributed by atoms with Crippen LogP contribution in [0, 0.1) is 0 Å². The topological polar surface area (TPSA) is 26.0 Å². The molecule has 0 amide bonds. The Morgan fingerprint density at radius 2 is 1.78 bits per heavy atom. The van der Waals surface area contributed by atoms with Crippen molar-refractivity contribution in [3.05, 3.63) is 29.8 Å². The van der Waals surface area contributed by atoms with Crippen LogP contribution in [0.2, 0.25) is 0 Å². The van der Waals surface area contributed by atoms with Crippen molar-refractivity contribution in [3.63, 3.8) is 0 Å². The monoisotopic (exact) mass is 138 g/mol. The quantitative estimate of drug-likeness (QED) is 0.628. The zero-order valence-electron chi connectivity index (χ0n) is 5.00. The zero-order valence-corrected chi connectivity index (χ0v) is 5.82. The van der Waals surface area contributed by atoms with Gasteiger partial charge < -0.3 is 5.73 Å². The Morgan fingerprint density at radius 3 is 2.22 bits per heavy atom. The maximum Gasteiger partial charge on any atom is 0.0377 e. The van der Waals surface area contributed by atoms with E-state index in [0.29, 0.717) is 6.54 Å². The summed E-state index contributed by atoms with van der Waals surface area (Å²) in [4.78, 5) is 0.868. The summed E-state index contributed by atoms with van der Waals surface area (Å²) >= 11 is 4.88. The fourth-order valence-corrected chi connectivity index (χ4v) is 0.762. The van der Waals surface area contributed by atoms with Crippen LogP contribution in [0.5, 0.6) is 0 Å². The lowest BCUT2D eigenvalue weighted by molar-refractivity contribution is 1.07. The van der Waals surface area contributed by atoms with Crippen LogP contribution in [-0.2, 0) is 6.54 Å². The van der Waals surface area contributed by atoms with Gasteiger partial charge in [0.25, 0.3) is 0 Å². The smallest absolute Gasteiger partial charge is 0.0377 e. The van der Waals surface area contributed by atoms with E-state index in [9.17, 15) is 0 Å². The van der Waals surface area contributed by atoms with Crippen molar-refractivity contribution in [2.75, 3.05) is 0 Å². The van der Waals surface area contributed by atoms with Crippen LogP contribution < -0.4 is 5.73 Å². The van der Waals surface area contributed by atoms with Crippen molar-refractivity contribution in [2.45, 2.75) is 11.4 Å². The van der Waals surface area contributed by atoms with E-state index in [1.54, 1.807) is 0 Å². The summed E-state index contributed by atoms with van der Waals surface area (Å²) in [6, 6.07) is 7.67. The SMILES string of the molecule is NCc1ccc([S])cc1. The molecule has 0 heterocycles. The number of rotatable bonds is 1. The largest absolute Gasteiger partial charge is 0.326 e. The molecule has 1 radical (unpaired) electrons. The van der Waals surface area contributed by atoms with Crippen LogP contribution >= 0.6 is 12.6 Å². The van der Waals surface area contributed by atoms with Gasteiger partial charge in [-0.1, -0.05) is 24.8 Å². The molecule has 0 atom stereocenters. The second kappa shape index (κ2) is 2.80. The number of nitrogens with two attached hydrogens (primary N) is 1. The standard InChI is InChI=1S/C7H8NS/c8-5-6-1-3-7(9)4-2-6/h1-4H,5,8H2. The van der Waals surface area contributed by atoms with E-state index < -0.39 is 0 Å². The van der Waals surface area contributed by atoms with Gasteiger partial charge in [-0.2, -0.15) is 0 Å². The van der Waals surface area contributed by atoms with E-state index in [0.717, 1.165) is 10.5 Å². The van der Waals surface area contributed by atoms with Gasteiger partial charge in [-0.25, -0.2) is 0 Å². The molecule has 2 N–H and O–H groups in total. The first-order valence-corrected chi connectivity index (χ1v) is 3.20. The van der Waals surface area contributed by atoms with Gasteiger partial charge in [0.2, 0.25) is 0 Å². The zero-order chi connectivity index (χ0) is 6.69. The second-order valence-electron chi connectivity index (χ2n) is 1.85. The Kier molecular flexibility index (Phi) is 2.03. The molecule has 0 saturated carbocycles. The van der Waals surface area contributed by atoms with Crippen LogP contribution in [0.25, 0.3) is 0 Å². The van der Waals surface area contributed by atoms with Crippen molar-refractivity contribution >= 4 is 12.6 Å². The summed E-state index contributed by atoms with van der Waals surface area (Å²) in [5.74, 6) is 0. The van der Waals surface area contributed by atoms with Crippen molar-refractivity contribution < 1.29 is 0 Å². The highest BCUT2D eigenvalue weighted by atomic mass is 32.1. The first kappa shape index (κ1) is 6.52. The fraction of sp³-hybridized carbons (Fsp3) is 0.143. The Bertz CT molecular complexity index is 181. The van der Waals surface area contributed by atoms with E-state index in [-0.39, 0.29) is 0 Å². The third-order valence-electron chi connectivity index (χ3n) is 1.16. The molecule has 9 heavy (non-hydrogen) atoms. The summed E-state index contributed by atoms with van der Waals surface area (Å²) in [6.45, 7) is 0.593. The molecular weight excluding hydrogens is 130 g/mol. The molecule has 1 nitrogen and oxygen atoms in total. The molecule has 1 aromatic carbocycles. The van der Waals surface area contributed by atoms with Gasteiger partial charge in [0.1, 0.15) is 0 Å². The lowest BCUT2D eigenvalue weighted by Gasteiger charge is -1.93. The van der Waals surface area contributed by atoms with E-state index in [4.69, 9.17) is 18.4 Å². The number of benzene rings is 1. The number of hydrogen-bond acceptors (Lipinski definition) is 1. The van der Waals surface area contributed by atoms with E-state index in [2.05, 4.69) is 0 Å². The first-order chi connectivity index (χ1) is 4.33. The van der Waals surface area contributed by atoms with Gasteiger partial charge in [0.15, 0.2) is 0 Å². The van der Waals surface area contributed by atoms with E-state index >= 15 is 0 Å². The predicted octanol–water partition coefficient (Wildman–Crippen LogP) is 1.70. The molecule has 1 rings (SSSR count). The third-order valence-corrected chi connectivity index (χ3v) is 1.43. The van der Waals surface area contributed by atoms with E-state index in [1.807, 2.05) is 24.3 Å². The molecule has 0 spiro atoms. The molecule has 0 saturated heterocycles. The van der Waals surface area contributed by atoms with Crippen molar-refractivity contribution in [2.24, 2.45) is 5.73 Å². The number of hydrogen-bond donors (Lipinski definition) is 1. The van der Waals surface area contributed by atoms with Crippen molar-refractivity contribution in [1.82, 2.24) is 0 Å². The molecule has 0 bridgehead atoms. The van der Waals surface area contributed by atoms with Crippen LogP contribution in [0.15, 0.2) is 29.2 Å². The molecule has 2 heteroatoms. The highest BCUT2D eigenvalue weighted by Crippen LogP contribution is 2.06. The van der Waals surface area contributed by atoms with Gasteiger partial charge in [-0.3, -0.25) is 0 Å². The molecule has 1 aromatic rings. The van der Waals surface area contributed by atoms with Gasteiger partial charge in [0, 0.05) is 11.4 Å². The Labute approximate surface area is 60.3 Å². The minimum atomic E-state index is 0.593. The molecule has 0 fully saturated rings. The average molecular weight is 138 g/mol. The van der Waals surface area contributed by atoms with Gasteiger partial charge in [-0.05, 0) is 17.7 Å². The Balaban J connectivity index is 2.88. The van der Waals surface area contributed by atoms with Gasteiger partial charge in [0.05, 0.1) is 0 Å². The summed E-state index contributed by atoms with van der Waals surface area (Å²) in [7, 11) is 0. The molecule has 0 aliphatic carbocycles. The van der Waals surface area contributed by atoms with Gasteiger partial charge in [-0.15, -0.1) is 0 Å². The van der Waals surface area contributed by atoms with Crippen LogP contribution in [0.4, 0.5) is 0 Å². The van der Waals surface area contributed by atoms with Gasteiger partial charge >= 0.3 is 0 Å². The first-order valence-electron chi connectivity index (χ1n) is 2.79. The lowest BCUT2D eigenvalue weighted by atomic mass is 10.2. The predicted molar refractivity (Wildman–Crippen MR) is 40.2 cm³/mol. The minimum Gasteiger partial charge on any atom is -0.326 e. The highest BCUT2D eigenvalue weighted by molar-refractivity contribution is 7.80. The maximum absolute atomic E-state index is 5.37. The minimum absolute atomic E-state index is 0.593. The summed E-state index contributed by atoms with van der Waals surface area (Å²) < 4.78 is 0. The van der Waals surface area contributed by atoms with Crippen molar-refractivity contribution in [3.8, 4) is 0 Å². The molecule has 0 aliphatic rings. The van der Waals surface area contributed by atoms with Crippen molar-refractivity contribution in [1.29, 1.82) is 0 Å². The van der Waals surface area contributed by atoms with Crippen LogP contribution in [-0.4, -0.2) is 0 Å². The second-order valence-corrected chi connectivity index (χ2v) is 2.32. The Hall–Kier alpha value is -0.600. The van der Waals surface area contributed by atoms with Crippen LogP contribution in [0.3, 0.4) is 0 Å². The average Bonchev–Trinajstić information content (AvgIpc) is 1.90. The maximum atomic E-state index is 5.37. The molecular formula is C7H8NS. The molecule has 0 aliphatic heterocycles. The summed E-state index contributed by atoms with van der Waals surface area (Å²) in [5.41, 5.74) is 6.49. The summed E-state index contributed by atoms with van der Waals surface area (Å²) in [6.07, 6.45) is 0. The normalized spacial score (nSPS) is 9.44. The molecule has 47 valence electrons. The molecule has 0 aromatic heterocycles. The fourth-order valence-electron chi connectivity index (χ4n) is 0.626.